The molecule has 0 saturated carbocycles. The van der Waals surface area contributed by atoms with Crippen molar-refractivity contribution in [2.45, 2.75) is 6.92 Å². The van der Waals surface area contributed by atoms with Gasteiger partial charge in [0, 0.05) is 7.05 Å². The Morgan fingerprint density at radius 2 is 1.88 bits per heavy atom. The summed E-state index contributed by atoms with van der Waals surface area (Å²) in [4.78, 5) is 11.6. The molecular weight excluding hydrogens is 223 g/mol. The number of halogens is 1. The first-order valence-corrected chi connectivity index (χ1v) is 5.01. The van der Waals surface area contributed by atoms with Crippen LogP contribution >= 0.6 is 0 Å². The summed E-state index contributed by atoms with van der Waals surface area (Å²) < 4.78 is 14.0. The van der Waals surface area contributed by atoms with Gasteiger partial charge in [0.1, 0.15) is 5.82 Å². The lowest BCUT2D eigenvalue weighted by Crippen LogP contribution is -2.10. The number of nitrogens with one attached hydrogen (secondary N) is 1. The first-order chi connectivity index (χ1) is 8.08. The maximum absolute atomic E-state index is 12.7. The van der Waals surface area contributed by atoms with Crippen LogP contribution in [0.4, 0.5) is 15.8 Å². The Morgan fingerprint density at radius 3 is 2.41 bits per heavy atom. The molecule has 0 spiro atoms. The van der Waals surface area contributed by atoms with E-state index in [9.17, 15) is 9.18 Å². The van der Waals surface area contributed by atoms with E-state index in [0.29, 0.717) is 11.4 Å². The zero-order valence-corrected chi connectivity index (χ0v) is 9.44. The van der Waals surface area contributed by atoms with Gasteiger partial charge in [0.05, 0.1) is 11.4 Å². The molecule has 88 valence electrons. The zero-order valence-electron chi connectivity index (χ0n) is 9.44. The molecule has 0 atom stereocenters. The molecule has 1 aromatic heterocycles. The Balaban J connectivity index is 2.32. The lowest BCUT2D eigenvalue weighted by Gasteiger charge is -1.91. The topological polar surface area (TPSA) is 62.5 Å². The Bertz CT molecular complexity index is 609. The van der Waals surface area contributed by atoms with Gasteiger partial charge in [-0.05, 0) is 31.2 Å². The van der Waals surface area contributed by atoms with Crippen molar-refractivity contribution >= 4 is 11.4 Å². The molecule has 2 rings (SSSR count). The number of aromatic amines is 1. The van der Waals surface area contributed by atoms with E-state index in [1.165, 1.54) is 28.9 Å². The average Bonchev–Trinajstić information content (AvgIpc) is 2.54. The normalized spacial score (nSPS) is 11.2. The van der Waals surface area contributed by atoms with Crippen LogP contribution in [0.15, 0.2) is 39.3 Å². The molecule has 1 heterocycles. The zero-order chi connectivity index (χ0) is 12.4. The first kappa shape index (κ1) is 11.3. The molecule has 0 bridgehead atoms. The summed E-state index contributed by atoms with van der Waals surface area (Å²) in [6.45, 7) is 1.74. The van der Waals surface area contributed by atoms with Gasteiger partial charge in [-0.2, -0.15) is 5.11 Å². The van der Waals surface area contributed by atoms with E-state index in [4.69, 9.17) is 0 Å². The van der Waals surface area contributed by atoms with Crippen LogP contribution in [0.25, 0.3) is 0 Å². The van der Waals surface area contributed by atoms with E-state index in [2.05, 4.69) is 15.3 Å². The highest BCUT2D eigenvalue weighted by Gasteiger charge is 2.07. The van der Waals surface area contributed by atoms with E-state index in [1.807, 2.05) is 0 Å². The molecule has 0 unspecified atom stereocenters. The molecular formula is C11H11FN4O. The van der Waals surface area contributed by atoms with Crippen LogP contribution in [0.5, 0.6) is 0 Å². The van der Waals surface area contributed by atoms with Crippen LogP contribution in [0, 0.1) is 12.7 Å². The van der Waals surface area contributed by atoms with Gasteiger partial charge in [0.15, 0.2) is 5.69 Å². The highest BCUT2D eigenvalue weighted by Crippen LogP contribution is 2.17. The smallest absolute Gasteiger partial charge is 0.294 e. The Morgan fingerprint density at radius 1 is 1.24 bits per heavy atom. The standard InChI is InChI=1S/C11H11FN4O/c1-7-10(11(17)16(2)15-7)14-13-9-5-3-8(12)4-6-9/h3-6,15H,1-2H3. The Kier molecular flexibility index (Phi) is 2.86. The Hall–Kier alpha value is -2.24. The Labute approximate surface area is 96.6 Å². The fraction of sp³-hybridized carbons (Fsp3) is 0.182. The quantitative estimate of drug-likeness (QED) is 0.797. The number of benzene rings is 1. The van der Waals surface area contributed by atoms with Crippen LogP contribution in [0.2, 0.25) is 0 Å². The van der Waals surface area contributed by atoms with Gasteiger partial charge < -0.3 is 0 Å². The highest BCUT2D eigenvalue weighted by atomic mass is 19.1. The molecule has 17 heavy (non-hydrogen) atoms. The fourth-order valence-corrected chi connectivity index (χ4v) is 1.41. The molecule has 0 aliphatic carbocycles. The molecule has 0 aliphatic rings. The van der Waals surface area contributed by atoms with Crippen LogP contribution in [0.1, 0.15) is 5.69 Å². The van der Waals surface area contributed by atoms with Crippen molar-refractivity contribution in [1.82, 2.24) is 9.78 Å². The first-order valence-electron chi connectivity index (χ1n) is 5.01. The van der Waals surface area contributed by atoms with Crippen molar-refractivity contribution in [3.8, 4) is 0 Å². The number of hydrogen-bond acceptors (Lipinski definition) is 3. The maximum Gasteiger partial charge on any atom is 0.294 e. The highest BCUT2D eigenvalue weighted by molar-refractivity contribution is 5.41. The third kappa shape index (κ3) is 2.30. The third-order valence-electron chi connectivity index (χ3n) is 2.29. The van der Waals surface area contributed by atoms with Gasteiger partial charge in [0.2, 0.25) is 0 Å². The molecule has 1 N–H and O–H groups in total. The molecule has 0 radical (unpaired) electrons. The summed E-state index contributed by atoms with van der Waals surface area (Å²) in [5.41, 5.74) is 1.16. The predicted molar refractivity (Wildman–Crippen MR) is 61.3 cm³/mol. The van der Waals surface area contributed by atoms with Crippen LogP contribution in [-0.4, -0.2) is 9.78 Å². The van der Waals surface area contributed by atoms with Crippen molar-refractivity contribution < 1.29 is 4.39 Å². The largest absolute Gasteiger partial charge is 0.298 e. The molecule has 0 aliphatic heterocycles. The minimum atomic E-state index is -0.335. The van der Waals surface area contributed by atoms with E-state index in [1.54, 1.807) is 14.0 Å². The second-order valence-corrected chi connectivity index (χ2v) is 3.63. The van der Waals surface area contributed by atoms with Crippen LogP contribution < -0.4 is 5.56 Å². The second kappa shape index (κ2) is 4.32. The minimum absolute atomic E-state index is 0.242. The van der Waals surface area contributed by atoms with Crippen molar-refractivity contribution in [2.24, 2.45) is 17.3 Å². The number of H-pyrrole nitrogens is 1. The number of aromatic nitrogens is 2. The molecule has 0 saturated heterocycles. The van der Waals surface area contributed by atoms with Crippen molar-refractivity contribution in [2.75, 3.05) is 0 Å². The molecule has 5 nitrogen and oxygen atoms in total. The monoisotopic (exact) mass is 234 g/mol. The van der Waals surface area contributed by atoms with Crippen LogP contribution in [0.3, 0.4) is 0 Å². The summed E-state index contributed by atoms with van der Waals surface area (Å²) >= 11 is 0. The summed E-state index contributed by atoms with van der Waals surface area (Å²) in [6, 6.07) is 5.56. The van der Waals surface area contributed by atoms with Gasteiger partial charge in [0.25, 0.3) is 5.56 Å². The molecule has 6 heteroatoms. The summed E-state index contributed by atoms with van der Waals surface area (Å²) in [6.07, 6.45) is 0. The van der Waals surface area contributed by atoms with E-state index >= 15 is 0 Å². The maximum atomic E-state index is 12.7. The second-order valence-electron chi connectivity index (χ2n) is 3.63. The number of rotatable bonds is 2. The minimum Gasteiger partial charge on any atom is -0.298 e. The van der Waals surface area contributed by atoms with Gasteiger partial charge in [-0.25, -0.2) is 4.39 Å². The van der Waals surface area contributed by atoms with Crippen LogP contribution in [-0.2, 0) is 7.05 Å². The number of aryl methyl sites for hydroxylation is 2. The molecule has 1 aromatic carbocycles. The third-order valence-corrected chi connectivity index (χ3v) is 2.29. The number of nitrogens with zero attached hydrogens (tertiary/aromatic N) is 3. The van der Waals surface area contributed by atoms with Crippen molar-refractivity contribution in [3.05, 3.63) is 46.1 Å². The lowest BCUT2D eigenvalue weighted by molar-refractivity contribution is 0.628. The van der Waals surface area contributed by atoms with Gasteiger partial charge in [-0.15, -0.1) is 5.11 Å². The number of hydrogen-bond donors (Lipinski definition) is 1. The molecule has 0 amide bonds. The predicted octanol–water partition coefficient (Wildman–Crippen LogP) is 2.58. The summed E-state index contributed by atoms with van der Waals surface area (Å²) in [7, 11) is 1.60. The summed E-state index contributed by atoms with van der Waals surface area (Å²) in [5.74, 6) is -0.335. The molecule has 2 aromatic rings. The van der Waals surface area contributed by atoms with Crippen molar-refractivity contribution in [1.29, 1.82) is 0 Å². The summed E-state index contributed by atoms with van der Waals surface area (Å²) in [5, 5.41) is 10.6. The van der Waals surface area contributed by atoms with Gasteiger partial charge in [-0.1, -0.05) is 0 Å². The lowest BCUT2D eigenvalue weighted by atomic mass is 10.3. The van der Waals surface area contributed by atoms with Crippen molar-refractivity contribution in [3.63, 3.8) is 0 Å². The molecule has 0 fully saturated rings. The fourth-order valence-electron chi connectivity index (χ4n) is 1.41. The average molecular weight is 234 g/mol. The van der Waals surface area contributed by atoms with E-state index in [0.717, 1.165) is 0 Å². The van der Waals surface area contributed by atoms with Gasteiger partial charge >= 0.3 is 0 Å². The van der Waals surface area contributed by atoms with Gasteiger partial charge in [-0.3, -0.25) is 14.6 Å². The van der Waals surface area contributed by atoms with E-state index in [-0.39, 0.29) is 17.1 Å². The SMILES string of the molecule is Cc1[nH]n(C)c(=O)c1N=Nc1ccc(F)cc1. The van der Waals surface area contributed by atoms with E-state index < -0.39 is 0 Å². The number of azo groups is 1.